The van der Waals surface area contributed by atoms with Gasteiger partial charge in [0.15, 0.2) is 24.0 Å². The van der Waals surface area contributed by atoms with E-state index in [0.717, 1.165) is 0 Å². The highest BCUT2D eigenvalue weighted by Gasteiger charge is 2.20. The highest BCUT2D eigenvalue weighted by Crippen LogP contribution is 2.29. The summed E-state index contributed by atoms with van der Waals surface area (Å²) < 4.78 is 16.9. The van der Waals surface area contributed by atoms with Gasteiger partial charge in [-0.25, -0.2) is 0 Å². The summed E-state index contributed by atoms with van der Waals surface area (Å²) in [4.78, 5) is 1.79. The lowest BCUT2D eigenvalue weighted by Crippen LogP contribution is -2.35. The van der Waals surface area contributed by atoms with Crippen molar-refractivity contribution < 1.29 is 19.3 Å². The second kappa shape index (κ2) is 9.01. The SMILES string of the molecule is CC(C)NC[C@@H](O)COc1ccccc1OCC1=C(Cl)N(C)CO1. The zero-order valence-corrected chi connectivity index (χ0v) is 15.0. The molecule has 0 saturated carbocycles. The van der Waals surface area contributed by atoms with Gasteiger partial charge in [0.1, 0.15) is 24.5 Å². The summed E-state index contributed by atoms with van der Waals surface area (Å²) in [6.45, 7) is 5.36. The van der Waals surface area contributed by atoms with Gasteiger partial charge in [-0.2, -0.15) is 0 Å². The third-order valence-electron chi connectivity index (χ3n) is 3.40. The molecule has 134 valence electrons. The average Bonchev–Trinajstić information content (AvgIpc) is 2.88. The standard InChI is InChI=1S/C17H25ClN2O4/c1-12(2)19-8-13(21)9-22-14-6-4-5-7-15(14)23-10-16-17(18)20(3)11-24-16/h4-7,12-13,19,21H,8-11H2,1-3H3/t13-/m1/s1. The van der Waals surface area contributed by atoms with Crippen molar-refractivity contribution in [2.24, 2.45) is 0 Å². The van der Waals surface area contributed by atoms with E-state index in [2.05, 4.69) is 5.32 Å². The molecule has 0 aromatic heterocycles. The molecule has 0 radical (unpaired) electrons. The molecule has 2 rings (SSSR count). The van der Waals surface area contributed by atoms with Crippen LogP contribution >= 0.6 is 11.6 Å². The number of aliphatic hydroxyl groups excluding tert-OH is 1. The molecule has 0 amide bonds. The first-order valence-electron chi connectivity index (χ1n) is 7.96. The normalized spacial score (nSPS) is 15.7. The molecule has 0 aliphatic carbocycles. The van der Waals surface area contributed by atoms with Crippen molar-refractivity contribution in [3.8, 4) is 11.5 Å². The van der Waals surface area contributed by atoms with E-state index in [4.69, 9.17) is 25.8 Å². The Morgan fingerprint density at radius 2 is 1.96 bits per heavy atom. The molecule has 0 unspecified atom stereocenters. The maximum Gasteiger partial charge on any atom is 0.171 e. The number of nitrogens with zero attached hydrogens (tertiary/aromatic N) is 1. The van der Waals surface area contributed by atoms with E-state index < -0.39 is 6.10 Å². The van der Waals surface area contributed by atoms with Gasteiger partial charge >= 0.3 is 0 Å². The lowest BCUT2D eigenvalue weighted by molar-refractivity contribution is 0.101. The van der Waals surface area contributed by atoms with E-state index in [0.29, 0.717) is 41.7 Å². The highest BCUT2D eigenvalue weighted by molar-refractivity contribution is 6.29. The van der Waals surface area contributed by atoms with E-state index in [1.165, 1.54) is 0 Å². The van der Waals surface area contributed by atoms with Crippen molar-refractivity contribution >= 4 is 11.6 Å². The molecule has 1 aliphatic rings. The number of para-hydroxylation sites is 2. The Morgan fingerprint density at radius 3 is 2.54 bits per heavy atom. The van der Waals surface area contributed by atoms with Gasteiger partial charge in [0.05, 0.1) is 0 Å². The summed E-state index contributed by atoms with van der Waals surface area (Å²) in [5.74, 6) is 1.75. The van der Waals surface area contributed by atoms with Crippen molar-refractivity contribution in [3.63, 3.8) is 0 Å². The van der Waals surface area contributed by atoms with Gasteiger partial charge in [0.25, 0.3) is 0 Å². The average molecular weight is 357 g/mol. The second-order valence-electron chi connectivity index (χ2n) is 5.95. The van der Waals surface area contributed by atoms with Crippen molar-refractivity contribution in [2.45, 2.75) is 26.0 Å². The number of hydrogen-bond donors (Lipinski definition) is 2. The number of benzene rings is 1. The Morgan fingerprint density at radius 1 is 1.29 bits per heavy atom. The Kier molecular flexibility index (Phi) is 7.02. The third-order valence-corrected chi connectivity index (χ3v) is 3.90. The molecule has 2 N–H and O–H groups in total. The van der Waals surface area contributed by atoms with Gasteiger partial charge in [0.2, 0.25) is 0 Å². The molecule has 7 heteroatoms. The van der Waals surface area contributed by atoms with Gasteiger partial charge in [-0.3, -0.25) is 0 Å². The van der Waals surface area contributed by atoms with E-state index in [9.17, 15) is 5.11 Å². The fourth-order valence-corrected chi connectivity index (χ4v) is 2.21. The quantitative estimate of drug-likeness (QED) is 0.661. The summed E-state index contributed by atoms with van der Waals surface area (Å²) in [5.41, 5.74) is 0. The highest BCUT2D eigenvalue weighted by atomic mass is 35.5. The van der Waals surface area contributed by atoms with Crippen LogP contribution in [-0.4, -0.2) is 55.7 Å². The number of ether oxygens (including phenoxy) is 3. The van der Waals surface area contributed by atoms with E-state index in [1.807, 2.05) is 33.0 Å². The maximum atomic E-state index is 9.94. The minimum Gasteiger partial charge on any atom is -0.487 e. The molecule has 1 heterocycles. The van der Waals surface area contributed by atoms with E-state index in [-0.39, 0.29) is 13.2 Å². The maximum absolute atomic E-state index is 9.94. The van der Waals surface area contributed by atoms with Crippen LogP contribution in [0, 0.1) is 0 Å². The van der Waals surface area contributed by atoms with Crippen LogP contribution < -0.4 is 14.8 Å². The predicted molar refractivity (Wildman–Crippen MR) is 93.2 cm³/mol. The Hall–Kier alpha value is -1.63. The first kappa shape index (κ1) is 18.7. The molecule has 0 fully saturated rings. The van der Waals surface area contributed by atoms with Crippen molar-refractivity contribution in [2.75, 3.05) is 33.5 Å². The molecule has 0 saturated heterocycles. The molecular formula is C17H25ClN2O4. The smallest absolute Gasteiger partial charge is 0.171 e. The molecular weight excluding hydrogens is 332 g/mol. The van der Waals surface area contributed by atoms with Gasteiger partial charge in [-0.05, 0) is 12.1 Å². The van der Waals surface area contributed by atoms with Crippen LogP contribution in [0.25, 0.3) is 0 Å². The van der Waals surface area contributed by atoms with Crippen LogP contribution in [0.4, 0.5) is 0 Å². The molecule has 24 heavy (non-hydrogen) atoms. The van der Waals surface area contributed by atoms with Gasteiger partial charge in [-0.1, -0.05) is 37.6 Å². The van der Waals surface area contributed by atoms with Crippen molar-refractivity contribution in [3.05, 3.63) is 35.2 Å². The lowest BCUT2D eigenvalue weighted by Gasteiger charge is -2.17. The Bertz CT molecular complexity index is 565. The third kappa shape index (κ3) is 5.47. The predicted octanol–water partition coefficient (Wildman–Crippen LogP) is 2.13. The minimum absolute atomic E-state index is 0.183. The topological polar surface area (TPSA) is 63.2 Å². The van der Waals surface area contributed by atoms with Gasteiger partial charge in [-0.15, -0.1) is 0 Å². The minimum atomic E-state index is -0.593. The fraction of sp³-hybridized carbons (Fsp3) is 0.529. The van der Waals surface area contributed by atoms with Crippen LogP contribution in [0.2, 0.25) is 0 Å². The van der Waals surface area contributed by atoms with Crippen molar-refractivity contribution in [1.29, 1.82) is 0 Å². The number of aliphatic hydroxyl groups is 1. The van der Waals surface area contributed by atoms with E-state index >= 15 is 0 Å². The van der Waals surface area contributed by atoms with Gasteiger partial charge in [0, 0.05) is 19.6 Å². The second-order valence-corrected chi connectivity index (χ2v) is 6.31. The summed E-state index contributed by atoms with van der Waals surface area (Å²) in [5, 5.41) is 13.6. The number of rotatable bonds is 9. The molecule has 1 aromatic carbocycles. The monoisotopic (exact) mass is 356 g/mol. The summed E-state index contributed by atoms with van der Waals surface area (Å²) in [6, 6.07) is 7.64. The Labute approximate surface area is 147 Å². The van der Waals surface area contributed by atoms with E-state index in [1.54, 1.807) is 17.0 Å². The molecule has 0 bridgehead atoms. The molecule has 1 aromatic rings. The molecule has 0 spiro atoms. The Balaban J connectivity index is 1.88. The number of hydrogen-bond acceptors (Lipinski definition) is 6. The van der Waals surface area contributed by atoms with Crippen molar-refractivity contribution in [1.82, 2.24) is 10.2 Å². The summed E-state index contributed by atoms with van der Waals surface area (Å²) in [7, 11) is 1.85. The number of nitrogens with one attached hydrogen (secondary N) is 1. The van der Waals surface area contributed by atoms with Gasteiger partial charge < -0.3 is 29.5 Å². The van der Waals surface area contributed by atoms with Crippen LogP contribution in [0.15, 0.2) is 35.2 Å². The fourth-order valence-electron chi connectivity index (χ4n) is 2.05. The largest absolute Gasteiger partial charge is 0.487 e. The van der Waals surface area contributed by atoms with Crippen LogP contribution in [0.5, 0.6) is 11.5 Å². The van der Waals surface area contributed by atoms with Crippen LogP contribution in [0.1, 0.15) is 13.8 Å². The zero-order valence-electron chi connectivity index (χ0n) is 14.3. The molecule has 6 nitrogen and oxygen atoms in total. The zero-order chi connectivity index (χ0) is 17.5. The molecule has 1 atom stereocenters. The summed E-state index contributed by atoms with van der Waals surface area (Å²) in [6.07, 6.45) is -0.593. The first-order chi connectivity index (χ1) is 11.5. The van der Waals surface area contributed by atoms with Crippen LogP contribution in [-0.2, 0) is 4.74 Å². The number of halogens is 1. The lowest BCUT2D eigenvalue weighted by atomic mass is 10.3. The first-order valence-corrected chi connectivity index (χ1v) is 8.33. The molecule has 1 aliphatic heterocycles. The summed E-state index contributed by atoms with van der Waals surface area (Å²) >= 11 is 6.13. The van der Waals surface area contributed by atoms with Crippen LogP contribution in [0.3, 0.4) is 0 Å².